The summed E-state index contributed by atoms with van der Waals surface area (Å²) >= 11 is 0. The first-order chi connectivity index (χ1) is 9.53. The third-order valence-corrected chi connectivity index (χ3v) is 6.06. The van der Waals surface area contributed by atoms with Crippen molar-refractivity contribution in [2.75, 3.05) is 31.9 Å². The minimum Gasteiger partial charge on any atom is -0.329 e. The second-order valence-electron chi connectivity index (χ2n) is 5.57. The molecule has 1 aromatic carbocycles. The zero-order chi connectivity index (χ0) is 14.6. The van der Waals surface area contributed by atoms with Crippen LogP contribution < -0.4 is 4.90 Å². The number of hydrogen-bond acceptors (Lipinski definition) is 2. The monoisotopic (exact) mass is 297 g/mol. The van der Waals surface area contributed by atoms with Crippen LogP contribution in [0.25, 0.3) is 0 Å². The van der Waals surface area contributed by atoms with Gasteiger partial charge in [0.2, 0.25) is 10.0 Å². The minimum atomic E-state index is -3.02. The number of nitrogens with one attached hydrogen (secondary N) is 1. The van der Waals surface area contributed by atoms with E-state index in [-0.39, 0.29) is 5.75 Å². The van der Waals surface area contributed by atoms with Crippen LogP contribution in [0, 0.1) is 6.92 Å². The van der Waals surface area contributed by atoms with Gasteiger partial charge in [0.1, 0.15) is 6.54 Å². The van der Waals surface area contributed by atoms with Crippen molar-refractivity contribution in [3.8, 4) is 0 Å². The van der Waals surface area contributed by atoms with Crippen molar-refractivity contribution in [1.82, 2.24) is 4.31 Å². The third kappa shape index (κ3) is 3.81. The topological polar surface area (TPSA) is 41.8 Å². The number of hydrogen-bond donors (Lipinski definition) is 1. The van der Waals surface area contributed by atoms with Gasteiger partial charge in [0.25, 0.3) is 0 Å². The summed E-state index contributed by atoms with van der Waals surface area (Å²) in [4.78, 5) is 1.47. The summed E-state index contributed by atoms with van der Waals surface area (Å²) in [6.45, 7) is 8.16. The molecule has 0 saturated carbocycles. The average molecular weight is 297 g/mol. The Labute approximate surface area is 122 Å². The molecule has 0 spiro atoms. The van der Waals surface area contributed by atoms with Crippen LogP contribution in [0.15, 0.2) is 24.3 Å². The Morgan fingerprint density at radius 1 is 1.20 bits per heavy atom. The lowest BCUT2D eigenvalue weighted by molar-refractivity contribution is -0.917. The molecule has 0 unspecified atom stereocenters. The Morgan fingerprint density at radius 2 is 1.85 bits per heavy atom. The Kier molecular flexibility index (Phi) is 5.18. The van der Waals surface area contributed by atoms with Crippen LogP contribution >= 0.6 is 0 Å². The molecule has 1 fully saturated rings. The van der Waals surface area contributed by atoms with E-state index in [0.29, 0.717) is 19.5 Å². The van der Waals surface area contributed by atoms with Crippen LogP contribution in [-0.2, 0) is 16.6 Å². The summed E-state index contributed by atoms with van der Waals surface area (Å²) in [5.41, 5.74) is 2.69. The lowest BCUT2D eigenvalue weighted by Gasteiger charge is -2.31. The summed E-state index contributed by atoms with van der Waals surface area (Å²) in [6.07, 6.45) is 0.693. The Morgan fingerprint density at radius 3 is 2.45 bits per heavy atom. The first-order valence-corrected chi connectivity index (χ1v) is 8.99. The van der Waals surface area contributed by atoms with Crippen LogP contribution in [0.2, 0.25) is 0 Å². The van der Waals surface area contributed by atoms with Gasteiger partial charge in [-0.2, -0.15) is 4.31 Å². The van der Waals surface area contributed by atoms with Gasteiger partial charge in [0.05, 0.1) is 31.9 Å². The van der Waals surface area contributed by atoms with Gasteiger partial charge in [-0.1, -0.05) is 31.2 Å². The predicted molar refractivity (Wildman–Crippen MR) is 81.2 cm³/mol. The standard InChI is InChI=1S/C15H24N2O2S/c1-3-12-20(18,19)17-10-8-16(9-11-17)13-15-7-5-4-6-14(15)2/h4-7H,3,8-13H2,1-2H3/p+1. The van der Waals surface area contributed by atoms with Crippen molar-refractivity contribution in [2.45, 2.75) is 26.8 Å². The molecule has 4 nitrogen and oxygen atoms in total. The molecule has 1 saturated heterocycles. The molecule has 1 aliphatic rings. The second kappa shape index (κ2) is 6.70. The minimum absolute atomic E-state index is 0.278. The molecular formula is C15H25N2O2S+. The third-order valence-electron chi connectivity index (χ3n) is 3.99. The summed E-state index contributed by atoms with van der Waals surface area (Å²) in [5.74, 6) is 0.278. The maximum absolute atomic E-state index is 12.0. The molecule has 5 heteroatoms. The second-order valence-corrected chi connectivity index (χ2v) is 7.66. The molecule has 0 atom stereocenters. The molecule has 1 heterocycles. The molecule has 1 aromatic rings. The molecule has 0 aromatic heterocycles. The quantitative estimate of drug-likeness (QED) is 0.857. The molecule has 112 valence electrons. The molecule has 0 amide bonds. The maximum Gasteiger partial charge on any atom is 0.214 e. The number of piperazine rings is 1. The van der Waals surface area contributed by atoms with Crippen LogP contribution in [0.5, 0.6) is 0 Å². The number of sulfonamides is 1. The van der Waals surface area contributed by atoms with Gasteiger partial charge in [-0.15, -0.1) is 0 Å². The molecule has 1 N–H and O–H groups in total. The van der Waals surface area contributed by atoms with Crippen molar-refractivity contribution in [1.29, 1.82) is 0 Å². The predicted octanol–water partition coefficient (Wildman–Crippen LogP) is 0.435. The Hall–Kier alpha value is -0.910. The van der Waals surface area contributed by atoms with Crippen LogP contribution in [0.4, 0.5) is 0 Å². The van der Waals surface area contributed by atoms with Crippen molar-refractivity contribution in [3.05, 3.63) is 35.4 Å². The van der Waals surface area contributed by atoms with E-state index >= 15 is 0 Å². The first kappa shape index (κ1) is 15.5. The van der Waals surface area contributed by atoms with Crippen LogP contribution in [0.3, 0.4) is 0 Å². The largest absolute Gasteiger partial charge is 0.329 e. The van der Waals surface area contributed by atoms with Gasteiger partial charge in [0.15, 0.2) is 0 Å². The summed E-state index contributed by atoms with van der Waals surface area (Å²) < 4.78 is 25.7. The zero-order valence-electron chi connectivity index (χ0n) is 12.4. The van der Waals surface area contributed by atoms with Gasteiger partial charge in [-0.25, -0.2) is 8.42 Å². The molecule has 1 aliphatic heterocycles. The molecule has 0 aliphatic carbocycles. The summed E-state index contributed by atoms with van der Waals surface area (Å²) in [7, 11) is -3.02. The highest BCUT2D eigenvalue weighted by Crippen LogP contribution is 2.06. The lowest BCUT2D eigenvalue weighted by atomic mass is 10.1. The van der Waals surface area contributed by atoms with Crippen molar-refractivity contribution in [3.63, 3.8) is 0 Å². The smallest absolute Gasteiger partial charge is 0.214 e. The Balaban J connectivity index is 1.91. The fourth-order valence-electron chi connectivity index (χ4n) is 2.72. The first-order valence-electron chi connectivity index (χ1n) is 7.39. The van der Waals surface area contributed by atoms with Crippen molar-refractivity contribution >= 4 is 10.0 Å². The fourth-order valence-corrected chi connectivity index (χ4v) is 4.24. The van der Waals surface area contributed by atoms with E-state index in [0.717, 1.165) is 19.6 Å². The molecule has 2 rings (SSSR count). The molecule has 0 radical (unpaired) electrons. The summed E-state index contributed by atoms with van der Waals surface area (Å²) in [6, 6.07) is 8.44. The lowest BCUT2D eigenvalue weighted by Crippen LogP contribution is -3.13. The van der Waals surface area contributed by atoms with E-state index in [1.54, 1.807) is 4.31 Å². The van der Waals surface area contributed by atoms with E-state index in [4.69, 9.17) is 0 Å². The molecule has 0 bridgehead atoms. The van der Waals surface area contributed by atoms with Crippen molar-refractivity contribution < 1.29 is 13.3 Å². The van der Waals surface area contributed by atoms with Crippen molar-refractivity contribution in [2.24, 2.45) is 0 Å². The normalized spacial score (nSPS) is 18.3. The zero-order valence-corrected chi connectivity index (χ0v) is 13.2. The van der Waals surface area contributed by atoms with Gasteiger partial charge < -0.3 is 4.90 Å². The highest BCUT2D eigenvalue weighted by Gasteiger charge is 2.28. The molecular weight excluding hydrogens is 272 g/mol. The van der Waals surface area contributed by atoms with E-state index in [2.05, 4.69) is 31.2 Å². The number of aryl methyl sites for hydroxylation is 1. The summed E-state index contributed by atoms with van der Waals surface area (Å²) in [5, 5.41) is 0. The van der Waals surface area contributed by atoms with E-state index in [1.807, 2.05) is 6.92 Å². The van der Waals surface area contributed by atoms with Gasteiger partial charge in [0, 0.05) is 5.56 Å². The van der Waals surface area contributed by atoms with Gasteiger partial charge in [-0.3, -0.25) is 0 Å². The SMILES string of the molecule is CCCS(=O)(=O)N1CC[NH+](Cc2ccccc2C)CC1. The molecule has 20 heavy (non-hydrogen) atoms. The number of nitrogens with zero attached hydrogens (tertiary/aromatic N) is 1. The van der Waals surface area contributed by atoms with E-state index in [1.165, 1.54) is 16.0 Å². The Bertz CT molecular complexity index is 535. The number of benzene rings is 1. The fraction of sp³-hybridized carbons (Fsp3) is 0.600. The van der Waals surface area contributed by atoms with Gasteiger partial charge in [-0.05, 0) is 18.9 Å². The average Bonchev–Trinajstić information content (AvgIpc) is 2.42. The van der Waals surface area contributed by atoms with E-state index in [9.17, 15) is 8.42 Å². The van der Waals surface area contributed by atoms with Crippen LogP contribution in [0.1, 0.15) is 24.5 Å². The van der Waals surface area contributed by atoms with Crippen LogP contribution in [-0.4, -0.2) is 44.7 Å². The number of rotatable bonds is 5. The van der Waals surface area contributed by atoms with Gasteiger partial charge >= 0.3 is 0 Å². The highest BCUT2D eigenvalue weighted by molar-refractivity contribution is 7.89. The number of quaternary nitrogens is 1. The maximum atomic E-state index is 12.0. The van der Waals surface area contributed by atoms with E-state index < -0.39 is 10.0 Å². The highest BCUT2D eigenvalue weighted by atomic mass is 32.2.